The molecule has 0 aliphatic heterocycles. The number of anilines is 2. The van der Waals surface area contributed by atoms with Gasteiger partial charge in [0.1, 0.15) is 5.82 Å². The van der Waals surface area contributed by atoms with E-state index < -0.39 is 6.09 Å². The highest BCUT2D eigenvalue weighted by Crippen LogP contribution is 2.26. The molecular weight excluding hydrogens is 412 g/mol. The van der Waals surface area contributed by atoms with Gasteiger partial charge in [0.25, 0.3) is 5.91 Å². The molecule has 0 aromatic carbocycles. The van der Waals surface area contributed by atoms with Crippen LogP contribution in [-0.2, 0) is 4.74 Å². The molecule has 162 valence electrons. The minimum atomic E-state index is -0.597. The van der Waals surface area contributed by atoms with E-state index in [9.17, 15) is 9.59 Å². The molecule has 1 N–H and O–H groups in total. The van der Waals surface area contributed by atoms with E-state index in [2.05, 4.69) is 25.1 Å². The first kappa shape index (κ1) is 20.8. The molecule has 0 unspecified atom stereocenters. The van der Waals surface area contributed by atoms with Crippen LogP contribution >= 0.6 is 0 Å². The van der Waals surface area contributed by atoms with Crippen LogP contribution in [0.4, 0.5) is 16.3 Å². The van der Waals surface area contributed by atoms with Gasteiger partial charge >= 0.3 is 6.09 Å². The molecule has 4 rings (SSSR count). The molecule has 10 nitrogen and oxygen atoms in total. The highest BCUT2D eigenvalue weighted by atomic mass is 16.5. The summed E-state index contributed by atoms with van der Waals surface area (Å²) >= 11 is 0. The van der Waals surface area contributed by atoms with Crippen LogP contribution in [0.5, 0.6) is 5.88 Å². The summed E-state index contributed by atoms with van der Waals surface area (Å²) in [6.45, 7) is 0. The Hall–Kier alpha value is -4.47. The second-order valence-corrected chi connectivity index (χ2v) is 6.77. The van der Waals surface area contributed by atoms with Gasteiger partial charge in [-0.25, -0.2) is 19.3 Å². The van der Waals surface area contributed by atoms with Crippen LogP contribution in [0.15, 0.2) is 61.2 Å². The predicted molar refractivity (Wildman–Crippen MR) is 118 cm³/mol. The average Bonchev–Trinajstić information content (AvgIpc) is 3.26. The lowest BCUT2D eigenvalue weighted by Crippen LogP contribution is -2.26. The first-order chi connectivity index (χ1) is 15.5. The van der Waals surface area contributed by atoms with Gasteiger partial charge in [-0.3, -0.25) is 10.1 Å². The molecule has 10 heteroatoms. The number of nitrogens with zero attached hydrogens (tertiary/aromatic N) is 5. The molecule has 0 aliphatic carbocycles. The number of methoxy groups -OCH3 is 2. The fraction of sp³-hybridized carbons (Fsp3) is 0.136. The van der Waals surface area contributed by atoms with Gasteiger partial charge in [-0.1, -0.05) is 0 Å². The summed E-state index contributed by atoms with van der Waals surface area (Å²) in [7, 11) is 4.50. The normalized spacial score (nSPS) is 10.6. The smallest absolute Gasteiger partial charge is 0.412 e. The summed E-state index contributed by atoms with van der Waals surface area (Å²) in [5, 5.41) is 6.86. The number of hydrogen-bond donors (Lipinski definition) is 1. The monoisotopic (exact) mass is 432 g/mol. The summed E-state index contributed by atoms with van der Waals surface area (Å²) in [4.78, 5) is 34.3. The van der Waals surface area contributed by atoms with Gasteiger partial charge in [-0.15, -0.1) is 0 Å². The maximum Gasteiger partial charge on any atom is 0.412 e. The Morgan fingerprint density at radius 2 is 1.91 bits per heavy atom. The number of pyridine rings is 3. The zero-order valence-electron chi connectivity index (χ0n) is 17.6. The van der Waals surface area contributed by atoms with Crippen LogP contribution in [0.2, 0.25) is 0 Å². The highest BCUT2D eigenvalue weighted by molar-refractivity contribution is 6.06. The first-order valence-electron chi connectivity index (χ1n) is 9.57. The third-order valence-electron chi connectivity index (χ3n) is 4.88. The Labute approximate surface area is 183 Å². The zero-order valence-corrected chi connectivity index (χ0v) is 17.6. The molecule has 0 aliphatic rings. The Kier molecular flexibility index (Phi) is 5.67. The molecule has 0 spiro atoms. The van der Waals surface area contributed by atoms with Crippen LogP contribution < -0.4 is 15.0 Å². The van der Waals surface area contributed by atoms with Gasteiger partial charge in [0, 0.05) is 48.4 Å². The van der Waals surface area contributed by atoms with Crippen LogP contribution in [0.1, 0.15) is 10.4 Å². The molecule has 0 radical (unpaired) electrons. The summed E-state index contributed by atoms with van der Waals surface area (Å²) in [6, 6.07) is 10.4. The Balaban J connectivity index is 1.64. The number of nitrogens with one attached hydrogen (secondary N) is 1. The molecular formula is C22H20N6O4. The quantitative estimate of drug-likeness (QED) is 0.515. The number of amides is 2. The van der Waals surface area contributed by atoms with Crippen molar-refractivity contribution in [1.29, 1.82) is 0 Å². The predicted octanol–water partition coefficient (Wildman–Crippen LogP) is 3.25. The molecule has 2 amide bonds. The summed E-state index contributed by atoms with van der Waals surface area (Å²) in [5.74, 6) is 0.597. The third kappa shape index (κ3) is 4.06. The van der Waals surface area contributed by atoms with E-state index in [1.165, 1.54) is 19.1 Å². The number of carbonyl (C=O) groups is 2. The topological polar surface area (TPSA) is 111 Å². The molecule has 32 heavy (non-hydrogen) atoms. The van der Waals surface area contributed by atoms with Crippen molar-refractivity contribution in [2.24, 2.45) is 0 Å². The van der Waals surface area contributed by atoms with Crippen molar-refractivity contribution < 1.29 is 19.1 Å². The van der Waals surface area contributed by atoms with E-state index in [-0.39, 0.29) is 5.91 Å². The van der Waals surface area contributed by atoms with E-state index in [0.29, 0.717) is 22.9 Å². The number of ether oxygens (including phenoxy) is 2. The van der Waals surface area contributed by atoms with Crippen LogP contribution in [0, 0.1) is 0 Å². The molecule has 4 aromatic rings. The van der Waals surface area contributed by atoms with Crippen LogP contribution in [0.3, 0.4) is 0 Å². The van der Waals surface area contributed by atoms with E-state index in [4.69, 9.17) is 4.74 Å². The van der Waals surface area contributed by atoms with Gasteiger partial charge in [-0.2, -0.15) is 5.10 Å². The average molecular weight is 432 g/mol. The lowest BCUT2D eigenvalue weighted by molar-refractivity contribution is 0.0993. The molecule has 4 heterocycles. The highest BCUT2D eigenvalue weighted by Gasteiger charge is 2.17. The van der Waals surface area contributed by atoms with Crippen molar-refractivity contribution >= 4 is 29.0 Å². The molecule has 0 bridgehead atoms. The second kappa shape index (κ2) is 8.72. The van der Waals surface area contributed by atoms with Crippen LogP contribution in [0.25, 0.3) is 16.6 Å². The summed E-state index contributed by atoms with van der Waals surface area (Å²) < 4.78 is 11.4. The Morgan fingerprint density at radius 1 is 1.06 bits per heavy atom. The van der Waals surface area contributed by atoms with Gasteiger partial charge in [0.15, 0.2) is 0 Å². The SMILES string of the molecule is COC(=O)Nc1ccc(-c2cnn3ccc(C(=O)N(C)c4ccnc(OC)c4)cc23)cn1. The van der Waals surface area contributed by atoms with Crippen molar-refractivity contribution in [3.63, 3.8) is 0 Å². The molecule has 0 fully saturated rings. The van der Waals surface area contributed by atoms with Gasteiger partial charge < -0.3 is 14.4 Å². The van der Waals surface area contributed by atoms with Gasteiger partial charge in [-0.05, 0) is 30.3 Å². The third-order valence-corrected chi connectivity index (χ3v) is 4.88. The van der Waals surface area contributed by atoms with E-state index in [0.717, 1.165) is 16.6 Å². The lowest BCUT2D eigenvalue weighted by atomic mass is 10.1. The molecule has 4 aromatic heterocycles. The fourth-order valence-corrected chi connectivity index (χ4v) is 3.15. The summed E-state index contributed by atoms with van der Waals surface area (Å²) in [5.41, 5.74) is 3.48. The number of carbonyl (C=O) groups excluding carboxylic acids is 2. The van der Waals surface area contributed by atoms with Crippen molar-refractivity contribution in [2.45, 2.75) is 0 Å². The number of aromatic nitrogens is 4. The minimum absolute atomic E-state index is 0.191. The van der Waals surface area contributed by atoms with Crippen LogP contribution in [-0.4, -0.2) is 52.8 Å². The Bertz CT molecular complexity index is 1290. The minimum Gasteiger partial charge on any atom is -0.481 e. The van der Waals surface area contributed by atoms with Gasteiger partial charge in [0.2, 0.25) is 5.88 Å². The molecule has 0 saturated heterocycles. The lowest BCUT2D eigenvalue weighted by Gasteiger charge is -2.18. The number of rotatable bonds is 5. The maximum absolute atomic E-state index is 13.1. The Morgan fingerprint density at radius 3 is 2.62 bits per heavy atom. The largest absolute Gasteiger partial charge is 0.481 e. The zero-order chi connectivity index (χ0) is 22.7. The van der Waals surface area contributed by atoms with E-state index in [1.807, 2.05) is 0 Å². The van der Waals surface area contributed by atoms with E-state index >= 15 is 0 Å². The number of hydrogen-bond acceptors (Lipinski definition) is 7. The van der Waals surface area contributed by atoms with Crippen molar-refractivity contribution in [3.05, 3.63) is 66.7 Å². The second-order valence-electron chi connectivity index (χ2n) is 6.77. The van der Waals surface area contributed by atoms with Crippen molar-refractivity contribution in [2.75, 3.05) is 31.5 Å². The van der Waals surface area contributed by atoms with Crippen molar-refractivity contribution in [1.82, 2.24) is 19.6 Å². The summed E-state index contributed by atoms with van der Waals surface area (Å²) in [6.07, 6.45) is 6.04. The first-order valence-corrected chi connectivity index (χ1v) is 9.57. The standard InChI is InChI=1S/C22H20N6O4/c1-27(16-6-8-23-20(11-16)31-2)21(29)14-7-9-28-18(10-14)17(13-25-28)15-4-5-19(24-12-15)26-22(30)32-3/h4-13H,1-3H3,(H,24,26,30). The number of fused-ring (bicyclic) bond motifs is 1. The maximum atomic E-state index is 13.1. The van der Waals surface area contributed by atoms with E-state index in [1.54, 1.807) is 72.7 Å². The van der Waals surface area contributed by atoms with Crippen molar-refractivity contribution in [3.8, 4) is 17.0 Å². The van der Waals surface area contributed by atoms with Gasteiger partial charge in [0.05, 0.1) is 31.6 Å². The fourth-order valence-electron chi connectivity index (χ4n) is 3.15. The molecule has 0 saturated carbocycles. The molecule has 0 atom stereocenters.